The summed E-state index contributed by atoms with van der Waals surface area (Å²) in [6, 6.07) is 0. The fourth-order valence-corrected chi connectivity index (χ4v) is 0.835. The number of carbonyl (C=O) groups is 3. The molecule has 0 radical (unpaired) electrons. The molecule has 0 amide bonds. The summed E-state index contributed by atoms with van der Waals surface area (Å²) < 4.78 is 4.16. The van der Waals surface area contributed by atoms with Crippen molar-refractivity contribution >= 4 is 17.9 Å². The number of hydrogen-bond donors (Lipinski definition) is 3. The highest BCUT2D eigenvalue weighted by molar-refractivity contribution is 5.85. The molecule has 7 nitrogen and oxygen atoms in total. The van der Waals surface area contributed by atoms with E-state index in [1.54, 1.807) is 0 Å². The van der Waals surface area contributed by atoms with Crippen molar-refractivity contribution in [1.29, 1.82) is 0 Å². The van der Waals surface area contributed by atoms with Crippen LogP contribution >= 0.6 is 0 Å². The number of esters is 1. The van der Waals surface area contributed by atoms with Gasteiger partial charge in [-0.1, -0.05) is 0 Å². The number of methoxy groups -OCH3 is 1. The van der Waals surface area contributed by atoms with E-state index in [1.165, 1.54) is 0 Å². The van der Waals surface area contributed by atoms with Gasteiger partial charge >= 0.3 is 17.9 Å². The van der Waals surface area contributed by atoms with Crippen molar-refractivity contribution in [1.82, 2.24) is 0 Å². The number of aliphatic hydroxyl groups is 1. The molecule has 0 fully saturated rings. The van der Waals surface area contributed by atoms with Gasteiger partial charge in [-0.15, -0.1) is 0 Å². The third kappa shape index (κ3) is 3.40. The first-order valence-corrected chi connectivity index (χ1v) is 3.60. The molecule has 0 aliphatic rings. The molecule has 0 aromatic heterocycles. The third-order valence-electron chi connectivity index (χ3n) is 1.53. The fourth-order valence-electron chi connectivity index (χ4n) is 0.835. The smallest absolute Gasteiger partial charge is 0.333 e. The van der Waals surface area contributed by atoms with Crippen molar-refractivity contribution in [3.8, 4) is 0 Å². The van der Waals surface area contributed by atoms with E-state index in [2.05, 4.69) is 4.74 Å². The molecule has 0 rings (SSSR count). The Morgan fingerprint density at radius 1 is 1.29 bits per heavy atom. The van der Waals surface area contributed by atoms with Gasteiger partial charge in [0, 0.05) is 0 Å². The molecule has 0 heterocycles. The summed E-state index contributed by atoms with van der Waals surface area (Å²) in [4.78, 5) is 31.4. The van der Waals surface area contributed by atoms with Crippen LogP contribution in [0.3, 0.4) is 0 Å². The first kappa shape index (κ1) is 12.4. The molecule has 0 aromatic carbocycles. The summed E-state index contributed by atoms with van der Waals surface area (Å²) in [6.45, 7) is 0. The van der Waals surface area contributed by atoms with Gasteiger partial charge in [0.2, 0.25) is 0 Å². The van der Waals surface area contributed by atoms with Crippen LogP contribution in [-0.4, -0.2) is 46.4 Å². The van der Waals surface area contributed by atoms with Crippen LogP contribution in [0.4, 0.5) is 0 Å². The van der Waals surface area contributed by atoms with Crippen molar-refractivity contribution in [2.24, 2.45) is 5.92 Å². The molecule has 0 saturated carbocycles. The molecular weight excluding hydrogens is 196 g/mol. The molecule has 3 N–H and O–H groups in total. The molecule has 2 atom stereocenters. The topological polar surface area (TPSA) is 121 Å². The monoisotopic (exact) mass is 206 g/mol. The van der Waals surface area contributed by atoms with Crippen LogP contribution in [0.1, 0.15) is 6.42 Å². The van der Waals surface area contributed by atoms with E-state index in [-0.39, 0.29) is 0 Å². The summed E-state index contributed by atoms with van der Waals surface area (Å²) in [5.74, 6) is -5.71. The van der Waals surface area contributed by atoms with E-state index in [0.29, 0.717) is 0 Å². The maximum Gasteiger partial charge on any atom is 0.333 e. The second kappa shape index (κ2) is 5.18. The average Bonchev–Trinajstić information content (AvgIpc) is 2.11. The number of carboxylic acid groups (broad SMARTS) is 2. The molecule has 0 aliphatic carbocycles. The van der Waals surface area contributed by atoms with E-state index in [0.717, 1.165) is 7.11 Å². The van der Waals surface area contributed by atoms with Crippen molar-refractivity contribution in [2.75, 3.05) is 7.11 Å². The standard InChI is InChI=1S/C7H10O7/c1-14-7(13)3(2-4(8)9)5(10)6(11)12/h3,5,10H,2H2,1H3,(H,8,9)(H,11,12). The molecule has 7 heteroatoms. The summed E-state index contributed by atoms with van der Waals surface area (Å²) in [7, 11) is 0.978. The summed E-state index contributed by atoms with van der Waals surface area (Å²) in [5, 5.41) is 25.7. The van der Waals surface area contributed by atoms with Crippen LogP contribution in [0, 0.1) is 5.92 Å². The Kier molecular flexibility index (Phi) is 4.57. The number of ether oxygens (including phenoxy) is 1. The van der Waals surface area contributed by atoms with E-state index in [1.807, 2.05) is 0 Å². The Morgan fingerprint density at radius 3 is 2.07 bits per heavy atom. The minimum absolute atomic E-state index is 0.792. The molecular formula is C7H10O7. The van der Waals surface area contributed by atoms with Crippen LogP contribution in [0.25, 0.3) is 0 Å². The van der Waals surface area contributed by atoms with E-state index in [4.69, 9.17) is 15.3 Å². The highest BCUT2D eigenvalue weighted by atomic mass is 16.5. The zero-order chi connectivity index (χ0) is 11.3. The zero-order valence-corrected chi connectivity index (χ0v) is 7.34. The second-order valence-electron chi connectivity index (χ2n) is 2.51. The van der Waals surface area contributed by atoms with Crippen molar-refractivity contribution in [2.45, 2.75) is 12.5 Å². The largest absolute Gasteiger partial charge is 0.481 e. The molecule has 0 aromatic rings. The van der Waals surface area contributed by atoms with Gasteiger partial charge in [-0.3, -0.25) is 9.59 Å². The lowest BCUT2D eigenvalue weighted by atomic mass is 9.99. The number of aliphatic carboxylic acids is 2. The van der Waals surface area contributed by atoms with Gasteiger partial charge in [-0.25, -0.2) is 4.79 Å². The highest BCUT2D eigenvalue weighted by Gasteiger charge is 2.34. The number of carboxylic acids is 2. The van der Waals surface area contributed by atoms with Gasteiger partial charge in [0.1, 0.15) is 5.92 Å². The zero-order valence-electron chi connectivity index (χ0n) is 7.34. The first-order valence-electron chi connectivity index (χ1n) is 3.60. The lowest BCUT2D eigenvalue weighted by Gasteiger charge is -2.14. The van der Waals surface area contributed by atoms with Crippen LogP contribution < -0.4 is 0 Å². The van der Waals surface area contributed by atoms with Crippen molar-refractivity contribution in [3.63, 3.8) is 0 Å². The first-order chi connectivity index (χ1) is 6.40. The van der Waals surface area contributed by atoms with Gasteiger partial charge in [-0.2, -0.15) is 0 Å². The van der Waals surface area contributed by atoms with Crippen molar-refractivity contribution < 1.29 is 34.4 Å². The van der Waals surface area contributed by atoms with Gasteiger partial charge < -0.3 is 20.1 Å². The quantitative estimate of drug-likeness (QED) is 0.477. The molecule has 80 valence electrons. The maximum absolute atomic E-state index is 10.9. The molecule has 2 unspecified atom stereocenters. The number of hydrogen-bond acceptors (Lipinski definition) is 5. The molecule has 14 heavy (non-hydrogen) atoms. The number of rotatable bonds is 5. The van der Waals surface area contributed by atoms with Gasteiger partial charge in [0.05, 0.1) is 13.5 Å². The van der Waals surface area contributed by atoms with Crippen LogP contribution in [0.5, 0.6) is 0 Å². The second-order valence-corrected chi connectivity index (χ2v) is 2.51. The SMILES string of the molecule is COC(=O)C(CC(=O)O)C(O)C(=O)O. The Bertz CT molecular complexity index is 246. The van der Waals surface area contributed by atoms with Crippen LogP contribution in [0.15, 0.2) is 0 Å². The minimum Gasteiger partial charge on any atom is -0.481 e. The van der Waals surface area contributed by atoms with Crippen molar-refractivity contribution in [3.05, 3.63) is 0 Å². The summed E-state index contributed by atoms with van der Waals surface area (Å²) in [5.41, 5.74) is 0. The molecule has 0 saturated heterocycles. The molecule has 0 spiro atoms. The number of carbonyl (C=O) groups excluding carboxylic acids is 1. The van der Waals surface area contributed by atoms with E-state index >= 15 is 0 Å². The lowest BCUT2D eigenvalue weighted by Crippen LogP contribution is -2.36. The van der Waals surface area contributed by atoms with Crippen LogP contribution in [0.2, 0.25) is 0 Å². The Morgan fingerprint density at radius 2 is 1.79 bits per heavy atom. The molecule has 0 aliphatic heterocycles. The van der Waals surface area contributed by atoms with Crippen LogP contribution in [-0.2, 0) is 19.1 Å². The number of aliphatic hydroxyl groups excluding tert-OH is 1. The minimum atomic E-state index is -2.07. The average molecular weight is 206 g/mol. The Hall–Kier alpha value is -1.63. The lowest BCUT2D eigenvalue weighted by molar-refractivity contribution is -0.164. The van der Waals surface area contributed by atoms with Gasteiger partial charge in [-0.05, 0) is 0 Å². The normalized spacial score (nSPS) is 14.1. The summed E-state index contributed by atoms with van der Waals surface area (Å²) in [6.07, 6.45) is -2.86. The predicted octanol–water partition coefficient (Wildman–Crippen LogP) is -1.30. The Labute approximate surface area is 78.9 Å². The predicted molar refractivity (Wildman–Crippen MR) is 41.4 cm³/mol. The highest BCUT2D eigenvalue weighted by Crippen LogP contribution is 2.11. The molecule has 0 bridgehead atoms. The van der Waals surface area contributed by atoms with E-state index in [9.17, 15) is 14.4 Å². The summed E-state index contributed by atoms with van der Waals surface area (Å²) >= 11 is 0. The fraction of sp³-hybridized carbons (Fsp3) is 0.571. The Balaban J connectivity index is 4.62. The van der Waals surface area contributed by atoms with E-state index < -0.39 is 36.4 Å². The third-order valence-corrected chi connectivity index (χ3v) is 1.53. The maximum atomic E-state index is 10.9. The van der Waals surface area contributed by atoms with Gasteiger partial charge in [0.15, 0.2) is 6.10 Å². The van der Waals surface area contributed by atoms with Gasteiger partial charge in [0.25, 0.3) is 0 Å².